The summed E-state index contributed by atoms with van der Waals surface area (Å²) in [7, 11) is 0. The van der Waals surface area contributed by atoms with Gasteiger partial charge in [-0.1, -0.05) is 5.16 Å². The highest BCUT2D eigenvalue weighted by Gasteiger charge is 2.24. The molecule has 1 aliphatic rings. The fourth-order valence-corrected chi connectivity index (χ4v) is 1.54. The van der Waals surface area contributed by atoms with Gasteiger partial charge in [-0.3, -0.25) is 4.79 Å². The molecule has 0 amide bonds. The molecule has 0 radical (unpaired) electrons. The van der Waals surface area contributed by atoms with E-state index in [1.165, 1.54) is 0 Å². The third-order valence-corrected chi connectivity index (χ3v) is 2.65. The highest BCUT2D eigenvalue weighted by Crippen LogP contribution is 2.15. The lowest BCUT2D eigenvalue weighted by Crippen LogP contribution is -2.48. The van der Waals surface area contributed by atoms with Crippen molar-refractivity contribution in [2.24, 2.45) is 5.16 Å². The Bertz CT molecular complexity index is 455. The smallest absolute Gasteiger partial charge is 0.306 e. The van der Waals surface area contributed by atoms with E-state index in [4.69, 9.17) is 9.94 Å². The average molecular weight is 315 g/mol. The first kappa shape index (κ1) is 12.7. The number of nitrogens with zero attached hydrogens (tertiary/aromatic N) is 4. The molecule has 2 rings (SSSR count). The van der Waals surface area contributed by atoms with Gasteiger partial charge in [-0.25, -0.2) is 9.97 Å². The van der Waals surface area contributed by atoms with Gasteiger partial charge in [0.2, 0.25) is 5.95 Å². The zero-order chi connectivity index (χ0) is 13.0. The Morgan fingerprint density at radius 1 is 1.50 bits per heavy atom. The number of carboxylic acids is 1. The van der Waals surface area contributed by atoms with Crippen molar-refractivity contribution in [3.05, 3.63) is 16.9 Å². The Morgan fingerprint density at radius 3 is 2.78 bits per heavy atom. The number of anilines is 1. The Kier molecular flexibility index (Phi) is 4.08. The van der Waals surface area contributed by atoms with Gasteiger partial charge in [0, 0.05) is 12.4 Å². The minimum atomic E-state index is -0.895. The van der Waals surface area contributed by atoms with Crippen LogP contribution in [0.2, 0.25) is 0 Å². The third kappa shape index (κ3) is 3.39. The van der Waals surface area contributed by atoms with Crippen molar-refractivity contribution >= 4 is 33.6 Å². The van der Waals surface area contributed by atoms with Crippen LogP contribution < -0.4 is 4.90 Å². The number of carbonyl (C=O) groups is 1. The van der Waals surface area contributed by atoms with Crippen LogP contribution >= 0.6 is 15.9 Å². The maximum atomic E-state index is 10.2. The molecule has 8 heteroatoms. The maximum absolute atomic E-state index is 10.2. The quantitative estimate of drug-likeness (QED) is 0.642. The van der Waals surface area contributed by atoms with E-state index >= 15 is 0 Å². The van der Waals surface area contributed by atoms with Crippen LogP contribution in [0.25, 0.3) is 0 Å². The van der Waals surface area contributed by atoms with Crippen LogP contribution in [0.1, 0.15) is 6.42 Å². The SMILES string of the molecule is O=C(O)CCON=C1CN(c2ncc(Br)cn2)C1. The highest BCUT2D eigenvalue weighted by atomic mass is 79.9. The molecule has 2 heterocycles. The minimum absolute atomic E-state index is 0.0453. The molecule has 0 atom stereocenters. The molecule has 1 saturated heterocycles. The number of rotatable bonds is 5. The van der Waals surface area contributed by atoms with Gasteiger partial charge in [-0.05, 0) is 15.9 Å². The zero-order valence-electron chi connectivity index (χ0n) is 9.41. The van der Waals surface area contributed by atoms with E-state index < -0.39 is 5.97 Å². The summed E-state index contributed by atoms with van der Waals surface area (Å²) in [6.45, 7) is 1.30. The molecular formula is C10H11BrN4O3. The van der Waals surface area contributed by atoms with E-state index in [9.17, 15) is 4.79 Å². The number of halogens is 1. The number of aliphatic carboxylic acids is 1. The molecule has 96 valence electrons. The lowest BCUT2D eigenvalue weighted by molar-refractivity contribution is -0.138. The lowest BCUT2D eigenvalue weighted by Gasteiger charge is -2.31. The molecule has 0 saturated carbocycles. The van der Waals surface area contributed by atoms with Crippen molar-refractivity contribution < 1.29 is 14.7 Å². The summed E-state index contributed by atoms with van der Waals surface area (Å²) >= 11 is 3.26. The van der Waals surface area contributed by atoms with Crippen molar-refractivity contribution in [1.29, 1.82) is 0 Å². The lowest BCUT2D eigenvalue weighted by atomic mass is 10.2. The number of aromatic nitrogens is 2. The number of carboxylic acid groups (broad SMARTS) is 1. The Balaban J connectivity index is 1.74. The van der Waals surface area contributed by atoms with Gasteiger partial charge in [-0.2, -0.15) is 0 Å². The van der Waals surface area contributed by atoms with Crippen molar-refractivity contribution in [3.8, 4) is 0 Å². The summed E-state index contributed by atoms with van der Waals surface area (Å²) < 4.78 is 0.831. The topological polar surface area (TPSA) is 87.9 Å². The molecule has 1 aromatic rings. The summed E-state index contributed by atoms with van der Waals surface area (Å²) in [5, 5.41) is 12.2. The largest absolute Gasteiger partial charge is 0.481 e. The van der Waals surface area contributed by atoms with Crippen molar-refractivity contribution in [2.45, 2.75) is 6.42 Å². The molecule has 0 bridgehead atoms. The fraction of sp³-hybridized carbons (Fsp3) is 0.400. The highest BCUT2D eigenvalue weighted by molar-refractivity contribution is 9.10. The first-order chi connectivity index (χ1) is 8.65. The van der Waals surface area contributed by atoms with Crippen molar-refractivity contribution in [1.82, 2.24) is 9.97 Å². The van der Waals surface area contributed by atoms with Crippen molar-refractivity contribution in [3.63, 3.8) is 0 Å². The third-order valence-electron chi connectivity index (χ3n) is 2.24. The summed E-state index contributed by atoms with van der Waals surface area (Å²) in [5.74, 6) is -0.253. The van der Waals surface area contributed by atoms with Gasteiger partial charge in [0.25, 0.3) is 0 Å². The molecule has 1 aromatic heterocycles. The second kappa shape index (κ2) is 5.76. The standard InChI is InChI=1S/C10H11BrN4O3/c11-7-3-12-10(13-4-7)15-5-8(6-15)14-18-2-1-9(16)17/h3-4H,1-2,5-6H2,(H,16,17). The molecule has 1 N–H and O–H groups in total. The Labute approximate surface area is 112 Å². The second-order valence-corrected chi connectivity index (χ2v) is 4.61. The van der Waals surface area contributed by atoms with Crippen LogP contribution in [0, 0.1) is 0 Å². The van der Waals surface area contributed by atoms with Gasteiger partial charge >= 0.3 is 5.97 Å². The monoisotopic (exact) mass is 314 g/mol. The maximum Gasteiger partial charge on any atom is 0.306 e. The first-order valence-electron chi connectivity index (χ1n) is 5.27. The normalized spacial score (nSPS) is 14.1. The predicted octanol–water partition coefficient (Wildman–Crippen LogP) is 0.906. The van der Waals surface area contributed by atoms with Crippen molar-refractivity contribution in [2.75, 3.05) is 24.6 Å². The summed E-state index contributed by atoms with van der Waals surface area (Å²) in [4.78, 5) is 25.4. The predicted molar refractivity (Wildman–Crippen MR) is 67.6 cm³/mol. The molecule has 0 spiro atoms. The molecule has 0 unspecified atom stereocenters. The number of oxime groups is 1. The van der Waals surface area contributed by atoms with Crippen LogP contribution in [-0.2, 0) is 9.63 Å². The molecule has 1 aliphatic heterocycles. The van der Waals surface area contributed by atoms with E-state index in [1.807, 2.05) is 4.90 Å². The van der Waals surface area contributed by atoms with E-state index in [0.29, 0.717) is 19.0 Å². The van der Waals surface area contributed by atoms with E-state index in [2.05, 4.69) is 31.1 Å². The molecule has 18 heavy (non-hydrogen) atoms. The summed E-state index contributed by atoms with van der Waals surface area (Å²) in [5.41, 5.74) is 0.854. The first-order valence-corrected chi connectivity index (χ1v) is 6.06. The van der Waals surface area contributed by atoms with Crippen LogP contribution in [0.4, 0.5) is 5.95 Å². The molecule has 0 aromatic carbocycles. The van der Waals surface area contributed by atoms with Gasteiger partial charge in [0.05, 0.1) is 29.7 Å². The number of hydrogen-bond acceptors (Lipinski definition) is 6. The molecular weight excluding hydrogens is 304 g/mol. The average Bonchev–Trinajstić information content (AvgIpc) is 2.28. The van der Waals surface area contributed by atoms with Gasteiger partial charge in [-0.15, -0.1) is 0 Å². The van der Waals surface area contributed by atoms with Crippen LogP contribution in [0.3, 0.4) is 0 Å². The molecule has 7 nitrogen and oxygen atoms in total. The van der Waals surface area contributed by atoms with E-state index in [-0.39, 0.29) is 13.0 Å². The Morgan fingerprint density at radius 2 is 2.17 bits per heavy atom. The minimum Gasteiger partial charge on any atom is -0.481 e. The van der Waals surface area contributed by atoms with Gasteiger partial charge in [0.15, 0.2) is 0 Å². The fourth-order valence-electron chi connectivity index (χ4n) is 1.33. The van der Waals surface area contributed by atoms with Crippen LogP contribution in [0.5, 0.6) is 0 Å². The second-order valence-electron chi connectivity index (χ2n) is 3.69. The van der Waals surface area contributed by atoms with Gasteiger partial charge < -0.3 is 14.8 Å². The zero-order valence-corrected chi connectivity index (χ0v) is 11.0. The van der Waals surface area contributed by atoms with Crippen LogP contribution in [-0.4, -0.2) is 46.5 Å². The summed E-state index contributed by atoms with van der Waals surface area (Å²) in [6.07, 6.45) is 3.32. The van der Waals surface area contributed by atoms with Gasteiger partial charge in [0.1, 0.15) is 6.61 Å². The molecule has 0 aliphatic carbocycles. The molecule has 1 fully saturated rings. The van der Waals surface area contributed by atoms with E-state index in [1.54, 1.807) is 12.4 Å². The van der Waals surface area contributed by atoms with E-state index in [0.717, 1.165) is 10.2 Å². The summed E-state index contributed by atoms with van der Waals surface area (Å²) in [6, 6.07) is 0. The number of hydrogen-bond donors (Lipinski definition) is 1. The van der Waals surface area contributed by atoms with Crippen LogP contribution in [0.15, 0.2) is 22.0 Å². The Hall–Kier alpha value is -1.70.